The standard InChI is InChI=1S/C43H59N13O6/c1-24(2)37(25(3)57)56-41(62)35(18-43(4)22-51-32-13-8-6-11-29(32)43)53-36(58)21-50-39(60)33(14-9-15-48-42(45)46)54-40(61)34(16-26-19-49-31-12-7-5-10-28(26)31)55-38(59)30(44)17-27-20-47-23-52-27/h5-8,10-13,19-20,23-24,30,33-35,37,49,51H,9,14-18,21-22,44H2,1-4H3,(H,47,52)(H,50,60)(H,53,58)(H,54,61)(H,55,59)(H,56,62)(H4,45,46,48). The van der Waals surface area contributed by atoms with Crippen molar-refractivity contribution >= 4 is 57.9 Å². The summed E-state index contributed by atoms with van der Waals surface area (Å²) in [4.78, 5) is 95.4. The number of H-pyrrole nitrogens is 2. The van der Waals surface area contributed by atoms with Crippen LogP contribution >= 0.6 is 0 Å². The SMILES string of the molecule is CC(=O)C(NC(=O)C(CC1(C)CNc2ccccc21)NC(=O)CNC(=O)C(CCCN=C(N)N)NC(=O)C(Cc1c[nH]c2ccccc12)NC(=O)C(N)Cc1cnc[nH]1)C(C)C. The second-order valence-electron chi connectivity index (χ2n) is 16.4. The number of fused-ring (bicyclic) bond motifs is 2. The van der Waals surface area contributed by atoms with Crippen molar-refractivity contribution in [2.45, 2.75) is 95.4 Å². The third-order valence-electron chi connectivity index (χ3n) is 11.0. The Morgan fingerprint density at radius 2 is 1.56 bits per heavy atom. The number of aliphatic imine (C=N–C) groups is 1. The number of aromatic nitrogens is 3. The van der Waals surface area contributed by atoms with Gasteiger partial charge in [0.15, 0.2) is 11.7 Å². The lowest BCUT2D eigenvalue weighted by Gasteiger charge is -2.31. The monoisotopic (exact) mass is 853 g/mol. The zero-order valence-electron chi connectivity index (χ0n) is 35.5. The first-order chi connectivity index (χ1) is 29.5. The molecule has 1 aliphatic heterocycles. The molecule has 2 aromatic carbocycles. The number of ketones is 1. The first-order valence-electron chi connectivity index (χ1n) is 20.7. The average molecular weight is 854 g/mol. The van der Waals surface area contributed by atoms with Gasteiger partial charge < -0.3 is 59.1 Å². The lowest BCUT2D eigenvalue weighted by molar-refractivity contribution is -0.134. The third-order valence-corrected chi connectivity index (χ3v) is 11.0. The molecular formula is C43H59N13O6. The van der Waals surface area contributed by atoms with Gasteiger partial charge in [0.1, 0.15) is 18.1 Å². The molecule has 0 aliphatic carbocycles. The molecule has 62 heavy (non-hydrogen) atoms. The molecule has 4 aromatic rings. The van der Waals surface area contributed by atoms with Gasteiger partial charge in [-0.25, -0.2) is 4.98 Å². The number of amides is 5. The Morgan fingerprint density at radius 3 is 2.27 bits per heavy atom. The second kappa shape index (κ2) is 21.2. The van der Waals surface area contributed by atoms with Gasteiger partial charge in [-0.2, -0.15) is 0 Å². The summed E-state index contributed by atoms with van der Waals surface area (Å²) in [6.45, 7) is 7.12. The molecule has 0 spiro atoms. The Labute approximate surface area is 360 Å². The summed E-state index contributed by atoms with van der Waals surface area (Å²) < 4.78 is 0. The molecule has 14 N–H and O–H groups in total. The number of para-hydroxylation sites is 2. The number of imidazole rings is 1. The normalized spacial score (nSPS) is 16.7. The molecule has 19 nitrogen and oxygen atoms in total. The maximum absolute atomic E-state index is 14.2. The summed E-state index contributed by atoms with van der Waals surface area (Å²) in [5.74, 6) is -3.77. The zero-order valence-corrected chi connectivity index (χ0v) is 35.5. The highest BCUT2D eigenvalue weighted by atomic mass is 16.2. The highest BCUT2D eigenvalue weighted by Crippen LogP contribution is 2.39. The molecule has 332 valence electrons. The number of Topliss-reactive ketones (excluding diaryl/α,β-unsaturated/α-hetero) is 1. The van der Waals surface area contributed by atoms with Crippen molar-refractivity contribution in [2.75, 3.05) is 25.0 Å². The van der Waals surface area contributed by atoms with Crippen molar-refractivity contribution in [1.82, 2.24) is 41.5 Å². The third kappa shape index (κ3) is 12.4. The van der Waals surface area contributed by atoms with Crippen molar-refractivity contribution in [2.24, 2.45) is 28.1 Å². The summed E-state index contributed by atoms with van der Waals surface area (Å²) in [6, 6.07) is 9.95. The molecule has 0 saturated carbocycles. The molecular weight excluding hydrogens is 795 g/mol. The van der Waals surface area contributed by atoms with Crippen LogP contribution in [0, 0.1) is 5.92 Å². The quantitative estimate of drug-likeness (QED) is 0.0287. The van der Waals surface area contributed by atoms with E-state index in [1.165, 1.54) is 13.3 Å². The first kappa shape index (κ1) is 46.3. The van der Waals surface area contributed by atoms with Gasteiger partial charge in [-0.15, -0.1) is 0 Å². The highest BCUT2D eigenvalue weighted by molar-refractivity contribution is 5.96. The smallest absolute Gasteiger partial charge is 0.243 e. The van der Waals surface area contributed by atoms with E-state index in [4.69, 9.17) is 17.2 Å². The second-order valence-corrected chi connectivity index (χ2v) is 16.4. The fourth-order valence-corrected chi connectivity index (χ4v) is 7.70. The Bertz CT molecular complexity index is 2230. The van der Waals surface area contributed by atoms with Crippen LogP contribution in [0.15, 0.2) is 72.2 Å². The molecule has 0 radical (unpaired) electrons. The van der Waals surface area contributed by atoms with E-state index in [1.54, 1.807) is 12.4 Å². The van der Waals surface area contributed by atoms with E-state index in [1.807, 2.05) is 69.3 Å². The number of carbonyl (C=O) groups is 6. The molecule has 19 heteroatoms. The van der Waals surface area contributed by atoms with Crippen molar-refractivity contribution in [1.29, 1.82) is 0 Å². The largest absolute Gasteiger partial charge is 0.384 e. The molecule has 0 fully saturated rings. The molecule has 2 aromatic heterocycles. The summed E-state index contributed by atoms with van der Waals surface area (Å²) in [5, 5.41) is 17.9. The van der Waals surface area contributed by atoms with Crippen molar-refractivity contribution < 1.29 is 28.8 Å². The minimum Gasteiger partial charge on any atom is -0.384 e. The molecule has 1 aliphatic rings. The van der Waals surface area contributed by atoms with Crippen molar-refractivity contribution in [3.63, 3.8) is 0 Å². The number of nitrogens with two attached hydrogens (primary N) is 3. The van der Waals surface area contributed by atoms with Crippen LogP contribution in [0.5, 0.6) is 0 Å². The number of hydrogen-bond acceptors (Lipinski definition) is 10. The minimum absolute atomic E-state index is 0.0484. The lowest BCUT2D eigenvalue weighted by atomic mass is 9.78. The maximum Gasteiger partial charge on any atom is 0.243 e. The maximum atomic E-state index is 14.2. The number of hydrogen-bond donors (Lipinski definition) is 11. The fraction of sp³-hybridized carbons (Fsp3) is 0.442. The number of benzene rings is 2. The molecule has 5 rings (SSSR count). The number of nitrogens with one attached hydrogen (secondary N) is 8. The number of rotatable bonds is 22. The number of guanidine groups is 1. The van der Waals surface area contributed by atoms with E-state index in [0.717, 1.165) is 27.7 Å². The summed E-state index contributed by atoms with van der Waals surface area (Å²) >= 11 is 0. The van der Waals surface area contributed by atoms with Gasteiger partial charge in [0.05, 0.1) is 25.0 Å². The minimum atomic E-state index is -1.20. The van der Waals surface area contributed by atoms with Crippen LogP contribution in [0.4, 0.5) is 5.69 Å². The van der Waals surface area contributed by atoms with Gasteiger partial charge in [-0.1, -0.05) is 57.2 Å². The average Bonchev–Trinajstić information content (AvgIpc) is 3.98. The van der Waals surface area contributed by atoms with E-state index >= 15 is 0 Å². The van der Waals surface area contributed by atoms with Crippen LogP contribution in [0.3, 0.4) is 0 Å². The fourth-order valence-electron chi connectivity index (χ4n) is 7.70. The van der Waals surface area contributed by atoms with E-state index in [9.17, 15) is 28.8 Å². The summed E-state index contributed by atoms with van der Waals surface area (Å²) in [7, 11) is 0. The number of aromatic amines is 2. The van der Waals surface area contributed by atoms with Gasteiger partial charge in [-0.05, 0) is 55.4 Å². The highest BCUT2D eigenvalue weighted by Gasteiger charge is 2.40. The number of carbonyl (C=O) groups excluding carboxylic acids is 6. The zero-order chi connectivity index (χ0) is 45.0. The van der Waals surface area contributed by atoms with Crippen LogP contribution in [-0.2, 0) is 47.0 Å². The van der Waals surface area contributed by atoms with Crippen molar-refractivity contribution in [3.05, 3.63) is 84.1 Å². The predicted molar refractivity (Wildman–Crippen MR) is 235 cm³/mol. The van der Waals surface area contributed by atoms with E-state index in [-0.39, 0.29) is 56.3 Å². The van der Waals surface area contributed by atoms with Crippen molar-refractivity contribution in [3.8, 4) is 0 Å². The Kier molecular flexibility index (Phi) is 15.8. The molecule has 3 heterocycles. The predicted octanol–water partition coefficient (Wildman–Crippen LogP) is 0.131. The molecule has 5 amide bonds. The first-order valence-corrected chi connectivity index (χ1v) is 20.7. The van der Waals surface area contributed by atoms with Gasteiger partial charge in [0.2, 0.25) is 29.5 Å². The number of anilines is 1. The van der Waals surface area contributed by atoms with Gasteiger partial charge in [0, 0.05) is 66.0 Å². The van der Waals surface area contributed by atoms with Gasteiger partial charge in [-0.3, -0.25) is 33.8 Å². The van der Waals surface area contributed by atoms with E-state index in [2.05, 4.69) is 51.8 Å². The Balaban J connectivity index is 1.32. The van der Waals surface area contributed by atoms with Crippen LogP contribution in [-0.4, -0.2) is 106 Å². The van der Waals surface area contributed by atoms with Gasteiger partial charge >= 0.3 is 0 Å². The Morgan fingerprint density at radius 1 is 0.855 bits per heavy atom. The summed E-state index contributed by atoms with van der Waals surface area (Å²) in [6.07, 6.45) is 5.45. The van der Waals surface area contributed by atoms with Crippen LogP contribution < -0.4 is 49.1 Å². The number of nitrogens with zero attached hydrogens (tertiary/aromatic N) is 2. The van der Waals surface area contributed by atoms with Crippen LogP contribution in [0.25, 0.3) is 10.9 Å². The van der Waals surface area contributed by atoms with Gasteiger partial charge in [0.25, 0.3) is 0 Å². The Hall–Kier alpha value is -6.76. The molecule has 0 saturated heterocycles. The molecule has 0 bridgehead atoms. The van der Waals surface area contributed by atoms with Crippen LogP contribution in [0.2, 0.25) is 0 Å². The molecule has 6 unspecified atom stereocenters. The lowest BCUT2D eigenvalue weighted by Crippen LogP contribution is -2.58. The van der Waals surface area contributed by atoms with E-state index in [0.29, 0.717) is 12.2 Å². The van der Waals surface area contributed by atoms with E-state index < -0.39 is 71.7 Å². The molecule has 6 atom stereocenters. The topological polar surface area (TPSA) is 309 Å². The van der Waals surface area contributed by atoms with Crippen LogP contribution in [0.1, 0.15) is 63.8 Å². The summed E-state index contributed by atoms with van der Waals surface area (Å²) in [5.41, 5.74) is 20.8.